The average molecular weight is 500 g/mol. The van der Waals surface area contributed by atoms with Crippen LogP contribution in [-0.4, -0.2) is 26.5 Å². The second kappa shape index (κ2) is 8.20. The highest BCUT2D eigenvalue weighted by molar-refractivity contribution is 9.10. The van der Waals surface area contributed by atoms with Crippen molar-refractivity contribution in [2.24, 2.45) is 0 Å². The highest BCUT2D eigenvalue weighted by atomic mass is 79.9. The molecule has 6 nitrogen and oxygen atoms in total. The van der Waals surface area contributed by atoms with Gasteiger partial charge in [0.05, 0.1) is 12.0 Å². The molecule has 0 spiro atoms. The molecular weight excluding hydrogens is 482 g/mol. The summed E-state index contributed by atoms with van der Waals surface area (Å²) in [6.07, 6.45) is 0. The molecule has 0 saturated carbocycles. The highest BCUT2D eigenvalue weighted by Crippen LogP contribution is 2.45. The molecule has 31 heavy (non-hydrogen) atoms. The maximum absolute atomic E-state index is 13.5. The van der Waals surface area contributed by atoms with E-state index in [4.69, 9.17) is 4.74 Å². The van der Waals surface area contributed by atoms with E-state index in [1.165, 1.54) is 24.1 Å². The number of ether oxygens (including phenoxy) is 1. The Morgan fingerprint density at radius 2 is 1.55 bits per heavy atom. The fourth-order valence-electron chi connectivity index (χ4n) is 3.54. The van der Waals surface area contributed by atoms with E-state index >= 15 is 0 Å². The predicted molar refractivity (Wildman–Crippen MR) is 121 cm³/mol. The predicted octanol–water partition coefficient (Wildman–Crippen LogP) is 4.79. The monoisotopic (exact) mass is 499 g/mol. The van der Waals surface area contributed by atoms with Crippen molar-refractivity contribution in [1.29, 1.82) is 0 Å². The third-order valence-corrected chi connectivity index (χ3v) is 7.46. The Bertz CT molecular complexity index is 1250. The molecule has 3 aromatic rings. The van der Waals surface area contributed by atoms with Gasteiger partial charge >= 0.3 is 0 Å². The number of aliphatic hydroxyl groups excluding tert-OH is 1. The maximum atomic E-state index is 13.5. The molecule has 0 radical (unpaired) electrons. The number of hydrogen-bond acceptors (Lipinski definition) is 5. The Hall–Kier alpha value is -3.10. The van der Waals surface area contributed by atoms with Crippen molar-refractivity contribution < 1.29 is 23.1 Å². The molecule has 1 N–H and O–H groups in total. The molecule has 1 heterocycles. The summed E-state index contributed by atoms with van der Waals surface area (Å²) in [6, 6.07) is 20.3. The van der Waals surface area contributed by atoms with Crippen molar-refractivity contribution in [2.75, 3.05) is 12.0 Å². The van der Waals surface area contributed by atoms with Gasteiger partial charge in [0.1, 0.15) is 16.7 Å². The Morgan fingerprint density at radius 1 is 0.935 bits per heavy atom. The zero-order valence-electron chi connectivity index (χ0n) is 16.4. The first-order valence-electron chi connectivity index (χ1n) is 9.31. The summed E-state index contributed by atoms with van der Waals surface area (Å²) in [7, 11) is -2.63. The van der Waals surface area contributed by atoms with Gasteiger partial charge in [0.15, 0.2) is 5.76 Å². The van der Waals surface area contributed by atoms with Crippen LogP contribution < -0.4 is 9.64 Å². The summed E-state index contributed by atoms with van der Waals surface area (Å²) in [6.45, 7) is 0. The summed E-state index contributed by atoms with van der Waals surface area (Å²) < 4.78 is 33.0. The topological polar surface area (TPSA) is 83.9 Å². The number of halogens is 1. The molecule has 1 atom stereocenters. The molecular formula is C23H18BrNO5S. The van der Waals surface area contributed by atoms with Crippen LogP contribution >= 0.6 is 15.9 Å². The normalized spacial score (nSPS) is 16.6. The molecule has 4 rings (SSSR count). The van der Waals surface area contributed by atoms with Gasteiger partial charge in [-0.25, -0.2) is 8.42 Å². The quantitative estimate of drug-likeness (QED) is 0.545. The number of aliphatic hydroxyl groups is 1. The summed E-state index contributed by atoms with van der Waals surface area (Å²) >= 11 is 3.36. The second-order valence-electron chi connectivity index (χ2n) is 6.86. The third kappa shape index (κ3) is 3.73. The number of anilines is 1. The van der Waals surface area contributed by atoms with Crippen LogP contribution in [0.2, 0.25) is 0 Å². The zero-order chi connectivity index (χ0) is 22.2. The molecule has 0 saturated heterocycles. The lowest BCUT2D eigenvalue weighted by atomic mass is 10.1. The molecule has 158 valence electrons. The number of methoxy groups -OCH3 is 1. The van der Waals surface area contributed by atoms with Crippen molar-refractivity contribution in [3.05, 3.63) is 99.6 Å². The number of sulfone groups is 1. The smallest absolute Gasteiger partial charge is 0.295 e. The number of benzene rings is 3. The number of nitrogens with zero attached hydrogens (tertiary/aromatic N) is 1. The zero-order valence-corrected chi connectivity index (χ0v) is 18.8. The van der Waals surface area contributed by atoms with E-state index in [1.54, 1.807) is 66.7 Å². The number of carbonyl (C=O) groups is 1. The lowest BCUT2D eigenvalue weighted by molar-refractivity contribution is -0.117. The van der Waals surface area contributed by atoms with Gasteiger partial charge in [0, 0.05) is 10.2 Å². The highest BCUT2D eigenvalue weighted by Gasteiger charge is 2.47. The standard InChI is InChI=1S/C23H18BrNO5S/c1-30-18-13-7-15(8-14-18)20-22(31(28,29)19-5-3-2-4-6-19)21(26)23(27)25(20)17-11-9-16(24)10-12-17/h2-14,20,26H,1H3. The molecule has 0 aromatic heterocycles. The summed E-state index contributed by atoms with van der Waals surface area (Å²) in [5.41, 5.74) is 0.981. The first kappa shape index (κ1) is 21.1. The Morgan fingerprint density at radius 3 is 2.13 bits per heavy atom. The largest absolute Gasteiger partial charge is 0.502 e. The SMILES string of the molecule is COc1ccc(C2C(S(=O)(=O)c3ccccc3)=C(O)C(=O)N2c2ccc(Br)cc2)cc1. The minimum Gasteiger partial charge on any atom is -0.502 e. The van der Waals surface area contributed by atoms with Crippen LogP contribution in [-0.2, 0) is 14.6 Å². The van der Waals surface area contributed by atoms with Crippen LogP contribution in [0.1, 0.15) is 11.6 Å². The molecule has 1 amide bonds. The van der Waals surface area contributed by atoms with Crippen LogP contribution in [0.25, 0.3) is 0 Å². The van der Waals surface area contributed by atoms with Gasteiger partial charge in [-0.2, -0.15) is 0 Å². The van der Waals surface area contributed by atoms with E-state index in [2.05, 4.69) is 15.9 Å². The first-order valence-corrected chi connectivity index (χ1v) is 11.6. The molecule has 1 aliphatic rings. The summed E-state index contributed by atoms with van der Waals surface area (Å²) in [4.78, 5) is 14.0. The number of hydrogen-bond donors (Lipinski definition) is 1. The van der Waals surface area contributed by atoms with Crippen molar-refractivity contribution in [2.45, 2.75) is 10.9 Å². The van der Waals surface area contributed by atoms with Gasteiger partial charge in [0.2, 0.25) is 9.84 Å². The maximum Gasteiger partial charge on any atom is 0.295 e. The van der Waals surface area contributed by atoms with Crippen molar-refractivity contribution in [1.82, 2.24) is 0 Å². The van der Waals surface area contributed by atoms with E-state index in [1.807, 2.05) is 0 Å². The van der Waals surface area contributed by atoms with E-state index in [0.29, 0.717) is 17.0 Å². The van der Waals surface area contributed by atoms with Crippen molar-refractivity contribution in [3.63, 3.8) is 0 Å². The van der Waals surface area contributed by atoms with E-state index < -0.39 is 27.5 Å². The van der Waals surface area contributed by atoms with Crippen LogP contribution in [0.3, 0.4) is 0 Å². The molecule has 3 aromatic carbocycles. The molecule has 8 heteroatoms. The molecule has 0 bridgehead atoms. The number of carbonyl (C=O) groups excluding carboxylic acids is 1. The summed E-state index contributed by atoms with van der Waals surface area (Å²) in [5.74, 6) is -0.978. The first-order chi connectivity index (χ1) is 14.8. The Labute approximate surface area is 188 Å². The number of rotatable bonds is 5. The fourth-order valence-corrected chi connectivity index (χ4v) is 5.45. The minimum atomic E-state index is -4.16. The van der Waals surface area contributed by atoms with Gasteiger partial charge in [-0.05, 0) is 54.1 Å². The molecule has 1 unspecified atom stereocenters. The summed E-state index contributed by atoms with van der Waals surface area (Å²) in [5, 5.41) is 10.7. The van der Waals surface area contributed by atoms with Gasteiger partial charge < -0.3 is 9.84 Å². The van der Waals surface area contributed by atoms with Gasteiger partial charge in [-0.1, -0.05) is 46.3 Å². The van der Waals surface area contributed by atoms with E-state index in [0.717, 1.165) is 4.47 Å². The lowest BCUT2D eigenvalue weighted by Gasteiger charge is -2.27. The van der Waals surface area contributed by atoms with Crippen LogP contribution in [0, 0.1) is 0 Å². The Balaban J connectivity index is 1.93. The van der Waals surface area contributed by atoms with Gasteiger partial charge in [0.25, 0.3) is 5.91 Å². The fraction of sp³-hybridized carbons (Fsp3) is 0.0870. The minimum absolute atomic E-state index is 0.000479. The van der Waals surface area contributed by atoms with Crippen LogP contribution in [0.15, 0.2) is 98.9 Å². The third-order valence-electron chi connectivity index (χ3n) is 5.04. The Kier molecular flexibility index (Phi) is 5.60. The molecule has 1 aliphatic heterocycles. The molecule has 0 aliphatic carbocycles. The van der Waals surface area contributed by atoms with Crippen LogP contribution in [0.4, 0.5) is 5.69 Å². The van der Waals surface area contributed by atoms with Gasteiger partial charge in [-0.3, -0.25) is 9.69 Å². The average Bonchev–Trinajstić information content (AvgIpc) is 3.06. The van der Waals surface area contributed by atoms with E-state index in [9.17, 15) is 18.3 Å². The second-order valence-corrected chi connectivity index (χ2v) is 9.69. The molecule has 0 fully saturated rings. The lowest BCUT2D eigenvalue weighted by Crippen LogP contribution is -2.31. The van der Waals surface area contributed by atoms with Gasteiger partial charge in [-0.15, -0.1) is 0 Å². The van der Waals surface area contributed by atoms with Crippen molar-refractivity contribution in [3.8, 4) is 5.75 Å². The number of amides is 1. The van der Waals surface area contributed by atoms with Crippen molar-refractivity contribution >= 4 is 37.4 Å². The van der Waals surface area contributed by atoms with Crippen LogP contribution in [0.5, 0.6) is 5.75 Å². The van der Waals surface area contributed by atoms with E-state index in [-0.39, 0.29) is 9.80 Å².